The van der Waals surface area contributed by atoms with E-state index in [1.807, 2.05) is 6.07 Å². The van der Waals surface area contributed by atoms with Gasteiger partial charge in [-0.15, -0.1) is 10.2 Å². The third-order valence-corrected chi connectivity index (χ3v) is 3.36. The Labute approximate surface area is 129 Å². The first-order valence-electron chi connectivity index (χ1n) is 6.30. The molecule has 0 saturated carbocycles. The number of carbonyl (C=O) groups excluding carboxylic acids is 1. The van der Waals surface area contributed by atoms with Crippen molar-refractivity contribution >= 4 is 23.5 Å². The third-order valence-electron chi connectivity index (χ3n) is 2.54. The number of nitrogens with zero attached hydrogens (tertiary/aromatic N) is 4. The Hall–Kier alpha value is -2.68. The number of thioether (sulfide) groups is 1. The molecule has 1 amide bonds. The number of aromatic nitrogens is 4. The van der Waals surface area contributed by atoms with Crippen LogP contribution >= 0.6 is 11.8 Å². The predicted octanol–water partition coefficient (Wildman–Crippen LogP) is 2.16. The van der Waals surface area contributed by atoms with Crippen LogP contribution in [0.15, 0.2) is 44.8 Å². The lowest BCUT2D eigenvalue weighted by Gasteiger charge is -1.98. The molecule has 0 aliphatic heterocycles. The van der Waals surface area contributed by atoms with Crippen LogP contribution in [0, 0.1) is 6.92 Å². The van der Waals surface area contributed by atoms with Crippen LogP contribution in [0.5, 0.6) is 0 Å². The lowest BCUT2D eigenvalue weighted by molar-refractivity contribution is -0.113. The average Bonchev–Trinajstić information content (AvgIpc) is 3.15. The second-order valence-corrected chi connectivity index (χ2v) is 5.20. The van der Waals surface area contributed by atoms with Crippen molar-refractivity contribution in [3.63, 3.8) is 0 Å². The smallest absolute Gasteiger partial charge is 0.277 e. The molecule has 0 spiro atoms. The standard InChI is InChI=1S/C13H11N5O3S/c1-8-5-10(18-21-8)15-11(19)7-22-13-17-16-12(20-13)9-3-2-4-14-6-9/h2-6H,7H2,1H3,(H,15,18,19). The van der Waals surface area contributed by atoms with Crippen molar-refractivity contribution in [1.82, 2.24) is 20.3 Å². The van der Waals surface area contributed by atoms with Gasteiger partial charge in [0.1, 0.15) is 5.76 Å². The van der Waals surface area contributed by atoms with Gasteiger partial charge >= 0.3 is 0 Å². The molecule has 8 nitrogen and oxygen atoms in total. The van der Waals surface area contributed by atoms with Crippen molar-refractivity contribution in [2.45, 2.75) is 12.1 Å². The van der Waals surface area contributed by atoms with Crippen molar-refractivity contribution in [2.75, 3.05) is 11.1 Å². The van der Waals surface area contributed by atoms with Crippen molar-refractivity contribution in [1.29, 1.82) is 0 Å². The average molecular weight is 317 g/mol. The van der Waals surface area contributed by atoms with Gasteiger partial charge in [0.15, 0.2) is 5.82 Å². The number of amides is 1. The van der Waals surface area contributed by atoms with Gasteiger partial charge in [-0.05, 0) is 19.1 Å². The van der Waals surface area contributed by atoms with E-state index in [2.05, 4.69) is 25.7 Å². The molecular formula is C13H11N5O3S. The van der Waals surface area contributed by atoms with E-state index in [9.17, 15) is 4.79 Å². The Morgan fingerprint density at radius 2 is 2.32 bits per heavy atom. The Bertz CT molecular complexity index is 771. The van der Waals surface area contributed by atoms with Gasteiger partial charge in [-0.2, -0.15) is 0 Å². The van der Waals surface area contributed by atoms with Gasteiger partial charge in [0, 0.05) is 18.5 Å². The fourth-order valence-electron chi connectivity index (χ4n) is 1.61. The number of rotatable bonds is 5. The first-order chi connectivity index (χ1) is 10.7. The Morgan fingerprint density at radius 1 is 1.41 bits per heavy atom. The summed E-state index contributed by atoms with van der Waals surface area (Å²) in [6, 6.07) is 5.23. The van der Waals surface area contributed by atoms with Gasteiger partial charge in [-0.3, -0.25) is 9.78 Å². The predicted molar refractivity (Wildman–Crippen MR) is 78.1 cm³/mol. The molecule has 0 fully saturated rings. The fraction of sp³-hybridized carbons (Fsp3) is 0.154. The van der Waals surface area contributed by atoms with Crippen LogP contribution in [-0.4, -0.2) is 32.0 Å². The topological polar surface area (TPSA) is 107 Å². The first kappa shape index (κ1) is 14.3. The highest BCUT2D eigenvalue weighted by Crippen LogP contribution is 2.22. The highest BCUT2D eigenvalue weighted by molar-refractivity contribution is 7.99. The highest BCUT2D eigenvalue weighted by Gasteiger charge is 2.12. The number of aryl methyl sites for hydroxylation is 1. The monoisotopic (exact) mass is 317 g/mol. The van der Waals surface area contributed by atoms with Crippen LogP contribution in [0.25, 0.3) is 11.5 Å². The largest absolute Gasteiger partial charge is 0.411 e. The highest BCUT2D eigenvalue weighted by atomic mass is 32.2. The van der Waals surface area contributed by atoms with Crippen molar-refractivity contribution in [3.05, 3.63) is 36.4 Å². The summed E-state index contributed by atoms with van der Waals surface area (Å²) in [7, 11) is 0. The first-order valence-corrected chi connectivity index (χ1v) is 7.29. The number of anilines is 1. The Kier molecular flexibility index (Phi) is 4.15. The molecule has 3 rings (SSSR count). The molecule has 0 aliphatic rings. The van der Waals surface area contributed by atoms with E-state index in [1.165, 1.54) is 0 Å². The molecule has 0 radical (unpaired) electrons. The zero-order valence-corrected chi connectivity index (χ0v) is 12.3. The van der Waals surface area contributed by atoms with E-state index in [0.717, 1.165) is 17.3 Å². The maximum Gasteiger partial charge on any atom is 0.277 e. The van der Waals surface area contributed by atoms with Crippen molar-refractivity contribution in [2.24, 2.45) is 0 Å². The van der Waals surface area contributed by atoms with Gasteiger partial charge in [-0.25, -0.2) is 0 Å². The van der Waals surface area contributed by atoms with Crippen LogP contribution in [0.2, 0.25) is 0 Å². The molecule has 0 saturated heterocycles. The zero-order valence-electron chi connectivity index (χ0n) is 11.5. The minimum atomic E-state index is -0.237. The van der Waals surface area contributed by atoms with E-state index in [4.69, 9.17) is 8.94 Å². The van der Waals surface area contributed by atoms with Gasteiger partial charge < -0.3 is 14.3 Å². The molecule has 112 valence electrons. The summed E-state index contributed by atoms with van der Waals surface area (Å²) < 4.78 is 10.3. The lowest BCUT2D eigenvalue weighted by atomic mass is 10.3. The lowest BCUT2D eigenvalue weighted by Crippen LogP contribution is -2.14. The molecule has 0 aliphatic carbocycles. The molecule has 0 atom stereocenters. The number of hydrogen-bond acceptors (Lipinski definition) is 8. The van der Waals surface area contributed by atoms with Crippen molar-refractivity contribution in [3.8, 4) is 11.5 Å². The van der Waals surface area contributed by atoms with Crippen LogP contribution < -0.4 is 5.32 Å². The second kappa shape index (κ2) is 6.39. The molecule has 3 aromatic heterocycles. The van der Waals surface area contributed by atoms with Crippen LogP contribution in [0.4, 0.5) is 5.82 Å². The molecule has 22 heavy (non-hydrogen) atoms. The zero-order chi connectivity index (χ0) is 15.4. The number of nitrogens with one attached hydrogen (secondary N) is 1. The van der Waals surface area contributed by atoms with Crippen LogP contribution in [0.1, 0.15) is 5.76 Å². The minimum Gasteiger partial charge on any atom is -0.411 e. The van der Waals surface area contributed by atoms with Gasteiger partial charge in [-0.1, -0.05) is 16.9 Å². The van der Waals surface area contributed by atoms with E-state index in [0.29, 0.717) is 22.7 Å². The molecule has 0 aromatic carbocycles. The minimum absolute atomic E-state index is 0.126. The van der Waals surface area contributed by atoms with Crippen molar-refractivity contribution < 1.29 is 13.7 Å². The fourth-order valence-corrected chi connectivity index (χ4v) is 2.17. The van der Waals surface area contributed by atoms with E-state index < -0.39 is 0 Å². The molecule has 3 heterocycles. The van der Waals surface area contributed by atoms with Crippen LogP contribution in [0.3, 0.4) is 0 Å². The molecular weight excluding hydrogens is 306 g/mol. The molecule has 0 unspecified atom stereocenters. The van der Waals surface area contributed by atoms with Crippen LogP contribution in [-0.2, 0) is 4.79 Å². The molecule has 0 bridgehead atoms. The quantitative estimate of drug-likeness (QED) is 0.713. The van der Waals surface area contributed by atoms with Gasteiger partial charge in [0.2, 0.25) is 11.8 Å². The van der Waals surface area contributed by atoms with Gasteiger partial charge in [0.05, 0.1) is 11.3 Å². The maximum atomic E-state index is 11.8. The number of carbonyl (C=O) groups is 1. The summed E-state index contributed by atoms with van der Waals surface area (Å²) in [5.74, 6) is 1.26. The summed E-state index contributed by atoms with van der Waals surface area (Å²) >= 11 is 1.14. The van der Waals surface area contributed by atoms with E-state index in [-0.39, 0.29) is 11.7 Å². The molecule has 3 aromatic rings. The summed E-state index contributed by atoms with van der Waals surface area (Å²) in [6.07, 6.45) is 3.28. The summed E-state index contributed by atoms with van der Waals surface area (Å²) in [4.78, 5) is 15.7. The van der Waals surface area contributed by atoms with E-state index in [1.54, 1.807) is 31.5 Å². The second-order valence-electron chi connectivity index (χ2n) is 4.27. The maximum absolute atomic E-state index is 11.8. The number of pyridine rings is 1. The normalized spacial score (nSPS) is 10.6. The SMILES string of the molecule is Cc1cc(NC(=O)CSc2nnc(-c3cccnc3)o2)no1. The summed E-state index contributed by atoms with van der Waals surface area (Å²) in [5, 5.41) is 14.4. The molecule has 9 heteroatoms. The summed E-state index contributed by atoms with van der Waals surface area (Å²) in [5.41, 5.74) is 0.726. The molecule has 1 N–H and O–H groups in total. The number of hydrogen-bond donors (Lipinski definition) is 1. The third kappa shape index (κ3) is 3.50. The van der Waals surface area contributed by atoms with E-state index >= 15 is 0 Å². The van der Waals surface area contributed by atoms with Gasteiger partial charge in [0.25, 0.3) is 5.22 Å². The Morgan fingerprint density at radius 3 is 3.05 bits per heavy atom. The summed E-state index contributed by atoms with van der Waals surface area (Å²) in [6.45, 7) is 1.75. The Balaban J connectivity index is 1.56.